The number of likely N-dealkylation sites (N-methyl/N-ethyl adjacent to an activating group) is 1. The second kappa shape index (κ2) is 9.56. The number of amides is 3. The average molecular weight is 399 g/mol. The molecular weight excluding hydrogens is 368 g/mol. The number of hydrogen-bond donors (Lipinski definition) is 2. The standard InChI is InChI=1S/C21H30N6O2/c1-4-26-11-13-27(14-12-26)19(28)15-17-5-7-18(8-6-17)24-21(29)23-16(2)20-22-9-10-25(20)3/h5-10,16H,4,11-15H2,1-3H3,(H2,23,24,29). The molecule has 3 rings (SSSR count). The summed E-state index contributed by atoms with van der Waals surface area (Å²) in [4.78, 5) is 33.3. The van der Waals surface area contributed by atoms with E-state index in [0.717, 1.165) is 44.1 Å². The van der Waals surface area contributed by atoms with E-state index in [9.17, 15) is 9.59 Å². The highest BCUT2D eigenvalue weighted by Crippen LogP contribution is 2.13. The molecule has 1 aromatic carbocycles. The molecule has 1 aliphatic rings. The topological polar surface area (TPSA) is 82.5 Å². The number of benzene rings is 1. The quantitative estimate of drug-likeness (QED) is 0.780. The Bertz CT molecular complexity index is 824. The van der Waals surface area contributed by atoms with Crippen LogP contribution in [0.2, 0.25) is 0 Å². The molecule has 2 N–H and O–H groups in total. The van der Waals surface area contributed by atoms with Crippen molar-refractivity contribution in [3.8, 4) is 0 Å². The second-order valence-electron chi connectivity index (χ2n) is 7.41. The lowest BCUT2D eigenvalue weighted by molar-refractivity contribution is -0.132. The lowest BCUT2D eigenvalue weighted by atomic mass is 10.1. The van der Waals surface area contributed by atoms with E-state index in [-0.39, 0.29) is 18.0 Å². The number of carbonyl (C=O) groups excluding carboxylic acids is 2. The van der Waals surface area contributed by atoms with Crippen molar-refractivity contribution >= 4 is 17.6 Å². The van der Waals surface area contributed by atoms with Crippen molar-refractivity contribution in [2.24, 2.45) is 7.05 Å². The summed E-state index contributed by atoms with van der Waals surface area (Å²) < 4.78 is 1.87. The summed E-state index contributed by atoms with van der Waals surface area (Å²) in [6, 6.07) is 6.92. The van der Waals surface area contributed by atoms with Crippen LogP contribution in [0.15, 0.2) is 36.7 Å². The van der Waals surface area contributed by atoms with Crippen molar-refractivity contribution in [1.29, 1.82) is 0 Å². The molecule has 1 saturated heterocycles. The zero-order chi connectivity index (χ0) is 20.8. The number of hydrogen-bond acceptors (Lipinski definition) is 4. The van der Waals surface area contributed by atoms with E-state index in [1.807, 2.05) is 53.9 Å². The molecule has 3 amide bonds. The fourth-order valence-corrected chi connectivity index (χ4v) is 3.53. The highest BCUT2D eigenvalue weighted by atomic mass is 16.2. The fourth-order valence-electron chi connectivity index (χ4n) is 3.53. The maximum absolute atomic E-state index is 12.5. The molecule has 0 radical (unpaired) electrons. The van der Waals surface area contributed by atoms with Crippen LogP contribution in [0.5, 0.6) is 0 Å². The summed E-state index contributed by atoms with van der Waals surface area (Å²) in [5.41, 5.74) is 1.63. The van der Waals surface area contributed by atoms with Gasteiger partial charge in [-0.2, -0.15) is 0 Å². The van der Waals surface area contributed by atoms with Crippen molar-refractivity contribution in [1.82, 2.24) is 24.7 Å². The third-order valence-electron chi connectivity index (χ3n) is 5.33. The highest BCUT2D eigenvalue weighted by Gasteiger charge is 2.20. The maximum atomic E-state index is 12.5. The molecule has 8 nitrogen and oxygen atoms in total. The minimum absolute atomic E-state index is 0.156. The van der Waals surface area contributed by atoms with E-state index in [2.05, 4.69) is 27.4 Å². The molecule has 0 saturated carbocycles. The Kier molecular flexibility index (Phi) is 6.87. The number of nitrogens with zero attached hydrogens (tertiary/aromatic N) is 4. The number of nitrogens with one attached hydrogen (secondary N) is 2. The van der Waals surface area contributed by atoms with Crippen LogP contribution in [0, 0.1) is 0 Å². The second-order valence-corrected chi connectivity index (χ2v) is 7.41. The van der Waals surface area contributed by atoms with Crippen LogP contribution in [0.25, 0.3) is 0 Å². The molecule has 1 aliphatic heterocycles. The van der Waals surface area contributed by atoms with Crippen molar-refractivity contribution in [2.45, 2.75) is 26.3 Å². The van der Waals surface area contributed by atoms with Crippen molar-refractivity contribution < 1.29 is 9.59 Å². The molecule has 8 heteroatoms. The predicted octanol–water partition coefficient (Wildman–Crippen LogP) is 2.01. The molecule has 2 heterocycles. The van der Waals surface area contributed by atoms with Gasteiger partial charge in [0.05, 0.1) is 12.5 Å². The SMILES string of the molecule is CCN1CCN(C(=O)Cc2ccc(NC(=O)NC(C)c3nccn3C)cc2)CC1. The van der Waals surface area contributed by atoms with E-state index < -0.39 is 0 Å². The first kappa shape index (κ1) is 20.9. The summed E-state index contributed by atoms with van der Waals surface area (Å²) in [5.74, 6) is 0.942. The summed E-state index contributed by atoms with van der Waals surface area (Å²) in [7, 11) is 1.89. The van der Waals surface area contributed by atoms with Crippen LogP contribution in [-0.4, -0.2) is 64.0 Å². The monoisotopic (exact) mass is 398 g/mol. The number of rotatable bonds is 6. The van der Waals surface area contributed by atoms with E-state index in [0.29, 0.717) is 12.1 Å². The van der Waals surface area contributed by atoms with Gasteiger partial charge in [-0.25, -0.2) is 9.78 Å². The van der Waals surface area contributed by atoms with Crippen LogP contribution in [-0.2, 0) is 18.3 Å². The first-order valence-electron chi connectivity index (χ1n) is 10.1. The average Bonchev–Trinajstić information content (AvgIpc) is 3.15. The van der Waals surface area contributed by atoms with Gasteiger partial charge in [0.25, 0.3) is 0 Å². The number of aryl methyl sites for hydroxylation is 1. The van der Waals surface area contributed by atoms with Gasteiger partial charge in [0.15, 0.2) is 0 Å². The third-order valence-corrected chi connectivity index (χ3v) is 5.33. The molecule has 0 aliphatic carbocycles. The Morgan fingerprint density at radius 1 is 1.14 bits per heavy atom. The summed E-state index contributed by atoms with van der Waals surface area (Å²) >= 11 is 0. The lowest BCUT2D eigenvalue weighted by Gasteiger charge is -2.34. The van der Waals surface area contributed by atoms with Crippen molar-refractivity contribution in [3.05, 3.63) is 48.0 Å². The third kappa shape index (κ3) is 5.57. The van der Waals surface area contributed by atoms with E-state index >= 15 is 0 Å². The largest absolute Gasteiger partial charge is 0.340 e. The Balaban J connectivity index is 1.48. The van der Waals surface area contributed by atoms with Crippen LogP contribution in [0.1, 0.15) is 31.3 Å². The molecular formula is C21H30N6O2. The first-order valence-corrected chi connectivity index (χ1v) is 10.1. The summed E-state index contributed by atoms with van der Waals surface area (Å²) in [6.45, 7) is 8.53. The smallest absolute Gasteiger partial charge is 0.319 e. The number of urea groups is 1. The Morgan fingerprint density at radius 3 is 2.41 bits per heavy atom. The predicted molar refractivity (Wildman–Crippen MR) is 113 cm³/mol. The van der Waals surface area contributed by atoms with Gasteiger partial charge in [0.1, 0.15) is 5.82 Å². The van der Waals surface area contributed by atoms with E-state index in [1.165, 1.54) is 0 Å². The Hall–Kier alpha value is -2.87. The number of carbonyl (C=O) groups is 2. The van der Waals surface area contributed by atoms with Gasteiger partial charge in [0.2, 0.25) is 5.91 Å². The minimum atomic E-state index is -0.293. The van der Waals surface area contributed by atoms with Crippen molar-refractivity contribution in [2.75, 3.05) is 38.0 Å². The van der Waals surface area contributed by atoms with E-state index in [1.54, 1.807) is 6.20 Å². The lowest BCUT2D eigenvalue weighted by Crippen LogP contribution is -2.48. The zero-order valence-corrected chi connectivity index (χ0v) is 17.4. The molecule has 1 fully saturated rings. The van der Waals surface area contributed by atoms with Gasteiger partial charge in [-0.1, -0.05) is 19.1 Å². The fraction of sp³-hybridized carbons (Fsp3) is 0.476. The summed E-state index contributed by atoms with van der Waals surface area (Å²) in [5, 5.41) is 5.69. The van der Waals surface area contributed by atoms with Gasteiger partial charge in [0, 0.05) is 51.3 Å². The first-order chi connectivity index (χ1) is 14.0. The van der Waals surface area contributed by atoms with Gasteiger partial charge >= 0.3 is 6.03 Å². The summed E-state index contributed by atoms with van der Waals surface area (Å²) in [6.07, 6.45) is 3.93. The molecule has 0 spiro atoms. The number of aromatic nitrogens is 2. The Morgan fingerprint density at radius 2 is 1.83 bits per heavy atom. The van der Waals surface area contributed by atoms with Crippen LogP contribution in [0.4, 0.5) is 10.5 Å². The number of imidazole rings is 1. The van der Waals surface area contributed by atoms with Crippen LogP contribution >= 0.6 is 0 Å². The minimum Gasteiger partial charge on any atom is -0.340 e. The molecule has 1 atom stereocenters. The van der Waals surface area contributed by atoms with Crippen LogP contribution < -0.4 is 10.6 Å². The normalized spacial score (nSPS) is 15.8. The number of piperazine rings is 1. The molecule has 0 bridgehead atoms. The van der Waals surface area contributed by atoms with Gasteiger partial charge in [-0.15, -0.1) is 0 Å². The molecule has 156 valence electrons. The van der Waals surface area contributed by atoms with Gasteiger partial charge in [-0.05, 0) is 31.2 Å². The molecule has 29 heavy (non-hydrogen) atoms. The van der Waals surface area contributed by atoms with Gasteiger partial charge in [-0.3, -0.25) is 4.79 Å². The van der Waals surface area contributed by atoms with Gasteiger partial charge < -0.3 is 25.0 Å². The number of anilines is 1. The molecule has 2 aromatic rings. The van der Waals surface area contributed by atoms with E-state index in [4.69, 9.17) is 0 Å². The maximum Gasteiger partial charge on any atom is 0.319 e. The van der Waals surface area contributed by atoms with Crippen molar-refractivity contribution in [3.63, 3.8) is 0 Å². The molecule has 1 unspecified atom stereocenters. The zero-order valence-electron chi connectivity index (χ0n) is 17.4. The highest BCUT2D eigenvalue weighted by molar-refractivity contribution is 5.89. The Labute approximate surface area is 171 Å². The van der Waals surface area contributed by atoms with Crippen LogP contribution in [0.3, 0.4) is 0 Å². The molecule has 1 aromatic heterocycles.